The van der Waals surface area contributed by atoms with Crippen molar-refractivity contribution in [3.63, 3.8) is 0 Å². The molecule has 0 fully saturated rings. The van der Waals surface area contributed by atoms with Crippen molar-refractivity contribution >= 4 is 12.0 Å². The molecule has 0 atom stereocenters. The monoisotopic (exact) mass is 200 g/mol. The van der Waals surface area contributed by atoms with Gasteiger partial charge in [0.05, 0.1) is 0 Å². The van der Waals surface area contributed by atoms with E-state index in [1.54, 1.807) is 0 Å². The lowest BCUT2D eigenvalue weighted by Gasteiger charge is -2.15. The van der Waals surface area contributed by atoms with Crippen molar-refractivity contribution in [1.82, 2.24) is 0 Å². The Morgan fingerprint density at radius 1 is 1.09 bits per heavy atom. The maximum absolute atomic E-state index is 11.6. The lowest BCUT2D eigenvalue weighted by atomic mass is 10.7. The van der Waals surface area contributed by atoms with E-state index in [4.69, 9.17) is 5.26 Å². The smallest absolute Gasteiger partial charge is 0.220 e. The Morgan fingerprint density at radius 3 is 1.82 bits per heavy atom. The molecule has 0 heterocycles. The van der Waals surface area contributed by atoms with Crippen molar-refractivity contribution in [3.05, 3.63) is 0 Å². The van der Waals surface area contributed by atoms with Crippen molar-refractivity contribution in [2.24, 2.45) is 0 Å². The zero-order valence-corrected chi connectivity index (χ0v) is 5.38. The predicted octanol–water partition coefficient (Wildman–Crippen LogP) is 2.21. The highest BCUT2D eigenvalue weighted by Crippen LogP contribution is 2.44. The van der Waals surface area contributed by atoms with Gasteiger partial charge in [0.2, 0.25) is 0 Å². The largest absolute Gasteiger partial charge is 0.466 e. The van der Waals surface area contributed by atoms with E-state index in [2.05, 4.69) is 9.37 Å². The fraction of sp³-hybridized carbons (Fsp3) is 1.00. The quantitative estimate of drug-likeness (QED) is 0.328. The van der Waals surface area contributed by atoms with Gasteiger partial charge in [-0.25, -0.2) is 5.26 Å². The van der Waals surface area contributed by atoms with Crippen LogP contribution in [-0.2, 0) is 9.37 Å². The average molecular weight is 200 g/mol. The van der Waals surface area contributed by atoms with Gasteiger partial charge in [-0.3, -0.25) is 0 Å². The lowest BCUT2D eigenvalue weighted by molar-refractivity contribution is -0.434. The van der Waals surface area contributed by atoms with Crippen LogP contribution in [0.4, 0.5) is 22.0 Å². The van der Waals surface area contributed by atoms with Crippen LogP contribution in [0.1, 0.15) is 0 Å². The van der Waals surface area contributed by atoms with Gasteiger partial charge in [-0.05, 0) is 0 Å². The summed E-state index contributed by atoms with van der Waals surface area (Å²) in [4.78, 5) is 0. The van der Waals surface area contributed by atoms with Gasteiger partial charge >= 0.3 is 11.4 Å². The second-order valence-corrected chi connectivity index (χ2v) is 2.06. The van der Waals surface area contributed by atoms with Crippen LogP contribution in [-0.4, -0.2) is 16.7 Å². The van der Waals surface area contributed by atoms with Gasteiger partial charge < -0.3 is 0 Å². The average Bonchev–Trinajstić information content (AvgIpc) is 1.81. The third kappa shape index (κ3) is 3.18. The normalized spacial score (nSPS) is 13.6. The molecule has 0 unspecified atom stereocenters. The highest BCUT2D eigenvalue weighted by Gasteiger charge is 2.60. The first kappa shape index (κ1) is 10.9. The van der Waals surface area contributed by atoms with Crippen LogP contribution in [0.3, 0.4) is 0 Å². The Balaban J connectivity index is 4.00. The van der Waals surface area contributed by atoms with E-state index in [9.17, 15) is 22.0 Å². The Bertz CT molecular complexity index is 123. The van der Waals surface area contributed by atoms with E-state index in [1.807, 2.05) is 0 Å². The zero-order valence-electron chi connectivity index (χ0n) is 4.56. The summed E-state index contributed by atoms with van der Waals surface area (Å²) in [6, 6.07) is 0. The molecule has 0 aromatic carbocycles. The van der Waals surface area contributed by atoms with Gasteiger partial charge in [-0.1, -0.05) is 5.04 Å². The van der Waals surface area contributed by atoms with Gasteiger partial charge in [-0.15, -0.1) is 4.33 Å². The molecular formula is C2HF5O3S. The van der Waals surface area contributed by atoms with Crippen LogP contribution in [0.5, 0.6) is 0 Å². The van der Waals surface area contributed by atoms with Crippen LogP contribution in [0.15, 0.2) is 0 Å². The van der Waals surface area contributed by atoms with Gasteiger partial charge in [0.15, 0.2) is 0 Å². The molecule has 0 radical (unpaired) electrons. The Hall–Kier alpha value is -0.120. The van der Waals surface area contributed by atoms with Crippen molar-refractivity contribution in [1.29, 1.82) is 0 Å². The molecule has 68 valence electrons. The third-order valence-electron chi connectivity index (χ3n) is 0.499. The van der Waals surface area contributed by atoms with E-state index in [0.717, 1.165) is 0 Å². The number of hydrogen-bond donors (Lipinski definition) is 1. The van der Waals surface area contributed by atoms with Crippen LogP contribution in [0.25, 0.3) is 0 Å². The second-order valence-electron chi connectivity index (χ2n) is 1.24. The Kier molecular flexibility index (Phi) is 3.48. The maximum atomic E-state index is 11.6. The summed E-state index contributed by atoms with van der Waals surface area (Å²) in [6.45, 7) is 0. The molecule has 0 saturated heterocycles. The van der Waals surface area contributed by atoms with Crippen LogP contribution < -0.4 is 0 Å². The minimum Gasteiger partial charge on any atom is -0.220 e. The molecule has 0 saturated carbocycles. The van der Waals surface area contributed by atoms with Crippen molar-refractivity contribution in [2.75, 3.05) is 0 Å². The van der Waals surface area contributed by atoms with Crippen LogP contribution >= 0.6 is 12.0 Å². The summed E-state index contributed by atoms with van der Waals surface area (Å²) < 4.78 is 59.7. The first-order valence-electron chi connectivity index (χ1n) is 1.91. The molecule has 3 nitrogen and oxygen atoms in total. The zero-order chi connectivity index (χ0) is 9.12. The van der Waals surface area contributed by atoms with Crippen molar-refractivity contribution in [2.45, 2.75) is 11.4 Å². The van der Waals surface area contributed by atoms with E-state index in [-0.39, 0.29) is 0 Å². The molecule has 0 aliphatic rings. The summed E-state index contributed by atoms with van der Waals surface area (Å²) in [5, 5.41) is 4.71. The van der Waals surface area contributed by atoms with Gasteiger partial charge in [0, 0.05) is 0 Å². The molecule has 9 heteroatoms. The molecule has 11 heavy (non-hydrogen) atoms. The van der Waals surface area contributed by atoms with E-state index in [0.29, 0.717) is 0 Å². The minimum absolute atomic E-state index is 1.34. The summed E-state index contributed by atoms with van der Waals surface area (Å²) >= 11 is -1.34. The summed E-state index contributed by atoms with van der Waals surface area (Å²) in [5.41, 5.74) is 0. The number of halogens is 5. The Labute approximate surface area is 61.1 Å². The third-order valence-corrected chi connectivity index (χ3v) is 1.07. The summed E-state index contributed by atoms with van der Waals surface area (Å²) in [6.07, 6.45) is -5.74. The standard InChI is InChI=1S/C2HF5O3S/c3-1(4,5)2(6,7)11-10-9-8/h8H. The predicted molar refractivity (Wildman–Crippen MR) is 23.4 cm³/mol. The molecule has 0 aromatic heterocycles. The first-order chi connectivity index (χ1) is 4.81. The molecule has 0 spiro atoms. The van der Waals surface area contributed by atoms with Gasteiger partial charge in [0.1, 0.15) is 12.0 Å². The first-order valence-corrected chi connectivity index (χ1v) is 2.66. The van der Waals surface area contributed by atoms with Gasteiger partial charge in [-0.2, -0.15) is 22.0 Å². The molecule has 1 N–H and O–H groups in total. The molecule has 0 aromatic rings. The number of alkyl halides is 5. The Morgan fingerprint density at radius 2 is 1.55 bits per heavy atom. The molecule has 0 aliphatic heterocycles. The van der Waals surface area contributed by atoms with Crippen molar-refractivity contribution < 1.29 is 36.6 Å². The summed E-state index contributed by atoms with van der Waals surface area (Å²) in [7, 11) is 0. The van der Waals surface area contributed by atoms with E-state index >= 15 is 0 Å². The fourth-order valence-corrected chi connectivity index (χ4v) is 0.316. The fourth-order valence-electron chi connectivity index (χ4n) is 0.105. The number of hydrogen-bond acceptors (Lipinski definition) is 4. The highest BCUT2D eigenvalue weighted by atomic mass is 32.2. The topological polar surface area (TPSA) is 38.7 Å². The SMILES string of the molecule is OOOSC(F)(F)C(F)(F)F. The maximum Gasteiger partial charge on any atom is 0.466 e. The molecule has 0 aliphatic carbocycles. The highest BCUT2D eigenvalue weighted by molar-refractivity contribution is 7.95. The molecule has 0 rings (SSSR count). The van der Waals surface area contributed by atoms with Crippen molar-refractivity contribution in [3.8, 4) is 0 Å². The lowest BCUT2D eigenvalue weighted by Crippen LogP contribution is -2.32. The molecule has 0 bridgehead atoms. The van der Waals surface area contributed by atoms with E-state index in [1.165, 1.54) is 0 Å². The van der Waals surface area contributed by atoms with Crippen LogP contribution in [0.2, 0.25) is 0 Å². The minimum atomic E-state index is -5.74. The molecular weight excluding hydrogens is 199 g/mol. The number of rotatable bonds is 3. The van der Waals surface area contributed by atoms with Crippen LogP contribution in [0, 0.1) is 0 Å². The van der Waals surface area contributed by atoms with E-state index < -0.39 is 23.5 Å². The van der Waals surface area contributed by atoms with Gasteiger partial charge in [0.25, 0.3) is 0 Å². The second kappa shape index (κ2) is 3.52. The molecule has 0 amide bonds. The summed E-state index contributed by atoms with van der Waals surface area (Å²) in [5.74, 6) is 0.